The first-order chi connectivity index (χ1) is 11.9. The fourth-order valence-electron chi connectivity index (χ4n) is 6.43. The van der Waals surface area contributed by atoms with Gasteiger partial charge in [-0.2, -0.15) is 0 Å². The Balaban J connectivity index is 1.47. The van der Waals surface area contributed by atoms with Crippen LogP contribution in [0, 0.1) is 10.8 Å². The first-order valence-electron chi connectivity index (χ1n) is 9.54. The molecule has 0 amide bonds. The van der Waals surface area contributed by atoms with Crippen LogP contribution in [-0.4, -0.2) is 49.7 Å². The van der Waals surface area contributed by atoms with Gasteiger partial charge in [-0.25, -0.2) is 0 Å². The summed E-state index contributed by atoms with van der Waals surface area (Å²) < 4.78 is 31.0. The van der Waals surface area contributed by atoms with Crippen molar-refractivity contribution in [3.8, 4) is 0 Å². The van der Waals surface area contributed by atoms with Crippen molar-refractivity contribution in [3.63, 3.8) is 0 Å². The number of allylic oxidation sites excluding steroid dienone is 1. The molecule has 6 aliphatic rings. The molecule has 25 heavy (non-hydrogen) atoms. The van der Waals surface area contributed by atoms with Crippen LogP contribution in [0.4, 0.5) is 0 Å². The van der Waals surface area contributed by atoms with E-state index in [9.17, 15) is 0 Å². The van der Waals surface area contributed by atoms with E-state index in [1.165, 1.54) is 11.1 Å². The minimum atomic E-state index is -0.553. The van der Waals surface area contributed by atoms with Crippen LogP contribution in [0.3, 0.4) is 0 Å². The predicted octanol–water partition coefficient (Wildman–Crippen LogP) is 2.71. The monoisotopic (exact) mass is 346 g/mol. The molecule has 0 unspecified atom stereocenters. The van der Waals surface area contributed by atoms with Crippen molar-refractivity contribution in [2.24, 2.45) is 10.8 Å². The van der Waals surface area contributed by atoms with E-state index in [0.717, 1.165) is 25.9 Å². The molecule has 1 spiro atoms. The minimum absolute atomic E-state index is 0.0267. The third kappa shape index (κ3) is 1.52. The average molecular weight is 346 g/mol. The Morgan fingerprint density at radius 3 is 2.68 bits per heavy atom. The molecule has 0 N–H and O–H groups in total. The number of ether oxygens (including phenoxy) is 5. The summed E-state index contributed by atoms with van der Waals surface area (Å²) in [5.41, 5.74) is 2.36. The maximum absolute atomic E-state index is 6.44. The van der Waals surface area contributed by atoms with Gasteiger partial charge >= 0.3 is 0 Å². The third-order valence-corrected chi connectivity index (χ3v) is 7.54. The lowest BCUT2D eigenvalue weighted by Gasteiger charge is -2.50. The molecule has 4 fully saturated rings. The molecule has 136 valence electrons. The highest BCUT2D eigenvalue weighted by molar-refractivity contribution is 5.59. The van der Waals surface area contributed by atoms with Gasteiger partial charge in [-0.05, 0) is 51.2 Å². The summed E-state index contributed by atoms with van der Waals surface area (Å²) in [7, 11) is 0. The molecule has 0 bridgehead atoms. The zero-order valence-corrected chi connectivity index (χ0v) is 15.2. The second-order valence-electron chi connectivity index (χ2n) is 9.13. The molecule has 0 aromatic carbocycles. The van der Waals surface area contributed by atoms with Gasteiger partial charge in [-0.1, -0.05) is 12.2 Å². The van der Waals surface area contributed by atoms with Crippen LogP contribution < -0.4 is 0 Å². The lowest BCUT2D eigenvalue weighted by atomic mass is 9.60. The lowest BCUT2D eigenvalue weighted by Crippen LogP contribution is -2.56. The van der Waals surface area contributed by atoms with E-state index in [0.29, 0.717) is 19.8 Å². The van der Waals surface area contributed by atoms with Gasteiger partial charge in [-0.15, -0.1) is 0 Å². The number of rotatable bonds is 2. The van der Waals surface area contributed by atoms with E-state index in [4.69, 9.17) is 23.7 Å². The second kappa shape index (κ2) is 4.23. The van der Waals surface area contributed by atoms with Crippen LogP contribution in [0.5, 0.6) is 0 Å². The first-order valence-corrected chi connectivity index (χ1v) is 9.54. The smallest absolute Gasteiger partial charge is 0.174 e. The van der Waals surface area contributed by atoms with E-state index >= 15 is 0 Å². The Morgan fingerprint density at radius 1 is 1.08 bits per heavy atom. The Bertz CT molecular complexity index is 718. The fourth-order valence-corrected chi connectivity index (χ4v) is 6.43. The summed E-state index contributed by atoms with van der Waals surface area (Å²) in [6.07, 6.45) is 7.69. The lowest BCUT2D eigenvalue weighted by molar-refractivity contribution is -0.200. The van der Waals surface area contributed by atoms with Crippen molar-refractivity contribution >= 4 is 0 Å². The quantitative estimate of drug-likeness (QED) is 0.769. The van der Waals surface area contributed by atoms with Crippen molar-refractivity contribution in [2.45, 2.75) is 63.3 Å². The van der Waals surface area contributed by atoms with Gasteiger partial charge in [0.05, 0.1) is 31.8 Å². The van der Waals surface area contributed by atoms with Gasteiger partial charge in [-0.3, -0.25) is 0 Å². The molecular weight excluding hydrogens is 320 g/mol. The van der Waals surface area contributed by atoms with Crippen molar-refractivity contribution < 1.29 is 23.7 Å². The standard InChI is InChI=1S/C20H26O5/c1-16(2)24-15-14(13-6-4-5-7-20(13,15)25-16)18-10-19(18,12-21-11-18)17(3)22-8-9-23-17/h4,6,15H,5,7-12H2,1-3H3/t15-,18-,19+,20+/m0/s1. The molecule has 5 nitrogen and oxygen atoms in total. The molecular formula is C20H26O5. The van der Waals surface area contributed by atoms with Crippen LogP contribution in [0.2, 0.25) is 0 Å². The highest BCUT2D eigenvalue weighted by atomic mass is 16.8. The molecule has 0 radical (unpaired) electrons. The highest BCUT2D eigenvalue weighted by Gasteiger charge is 2.85. The topological polar surface area (TPSA) is 46.2 Å². The molecule has 6 rings (SSSR count). The van der Waals surface area contributed by atoms with E-state index in [1.54, 1.807) is 0 Å². The van der Waals surface area contributed by atoms with E-state index in [2.05, 4.69) is 19.1 Å². The summed E-state index contributed by atoms with van der Waals surface area (Å²) in [5, 5.41) is 0. The Hall–Kier alpha value is -0.720. The maximum atomic E-state index is 6.44. The van der Waals surface area contributed by atoms with Crippen LogP contribution in [0.1, 0.15) is 40.0 Å². The van der Waals surface area contributed by atoms with Crippen molar-refractivity contribution in [1.29, 1.82) is 0 Å². The van der Waals surface area contributed by atoms with Crippen molar-refractivity contribution in [2.75, 3.05) is 26.4 Å². The molecule has 0 aromatic rings. The Morgan fingerprint density at radius 2 is 1.88 bits per heavy atom. The van der Waals surface area contributed by atoms with Crippen LogP contribution in [0.25, 0.3) is 0 Å². The summed E-state index contributed by atoms with van der Waals surface area (Å²) in [6, 6.07) is 0. The van der Waals surface area contributed by atoms with Gasteiger partial charge in [0.2, 0.25) is 0 Å². The van der Waals surface area contributed by atoms with Gasteiger partial charge in [0, 0.05) is 5.41 Å². The van der Waals surface area contributed by atoms with Gasteiger partial charge in [0.1, 0.15) is 11.7 Å². The largest absolute Gasteiger partial charge is 0.380 e. The summed E-state index contributed by atoms with van der Waals surface area (Å²) in [4.78, 5) is 0. The van der Waals surface area contributed by atoms with Gasteiger partial charge < -0.3 is 23.7 Å². The second-order valence-corrected chi connectivity index (χ2v) is 9.13. The van der Waals surface area contributed by atoms with Crippen molar-refractivity contribution in [1.82, 2.24) is 0 Å². The van der Waals surface area contributed by atoms with Gasteiger partial charge in [0.15, 0.2) is 11.6 Å². The van der Waals surface area contributed by atoms with Crippen LogP contribution in [0.15, 0.2) is 23.3 Å². The molecule has 0 aromatic heterocycles. The van der Waals surface area contributed by atoms with E-state index in [1.807, 2.05) is 13.8 Å². The molecule has 4 atom stereocenters. The number of hydrogen-bond acceptors (Lipinski definition) is 5. The van der Waals surface area contributed by atoms with E-state index < -0.39 is 11.6 Å². The minimum Gasteiger partial charge on any atom is -0.380 e. The van der Waals surface area contributed by atoms with Gasteiger partial charge in [0.25, 0.3) is 0 Å². The zero-order chi connectivity index (χ0) is 17.1. The first kappa shape index (κ1) is 15.3. The number of hydrogen-bond donors (Lipinski definition) is 0. The van der Waals surface area contributed by atoms with Crippen LogP contribution >= 0.6 is 0 Å². The number of fused-ring (bicyclic) bond motifs is 1. The SMILES string of the molecule is CC1(C)O[C@H]2C([C@]34COC[C@@]3(C3(C)OCCO3)C4)=C3C=CCC[C@@]32O1. The highest BCUT2D eigenvalue weighted by Crippen LogP contribution is 2.81. The fraction of sp³-hybridized carbons (Fsp3) is 0.800. The molecule has 3 aliphatic heterocycles. The normalized spacial score (nSPS) is 51.1. The Kier molecular flexibility index (Phi) is 2.60. The zero-order valence-electron chi connectivity index (χ0n) is 15.2. The Labute approximate surface area is 148 Å². The molecule has 3 aliphatic carbocycles. The van der Waals surface area contributed by atoms with E-state index in [-0.39, 0.29) is 22.5 Å². The molecule has 3 saturated heterocycles. The van der Waals surface area contributed by atoms with Crippen molar-refractivity contribution in [3.05, 3.63) is 23.3 Å². The summed E-state index contributed by atoms with van der Waals surface area (Å²) in [5.74, 6) is -1.09. The van der Waals surface area contributed by atoms with Crippen LogP contribution in [-0.2, 0) is 23.7 Å². The molecule has 3 heterocycles. The summed E-state index contributed by atoms with van der Waals surface area (Å²) in [6.45, 7) is 8.93. The predicted molar refractivity (Wildman–Crippen MR) is 88.8 cm³/mol. The molecule has 1 saturated carbocycles. The average Bonchev–Trinajstić information content (AvgIpc) is 2.86. The maximum Gasteiger partial charge on any atom is 0.174 e. The third-order valence-electron chi connectivity index (χ3n) is 7.54. The summed E-state index contributed by atoms with van der Waals surface area (Å²) >= 11 is 0. The molecule has 5 heteroatoms.